The van der Waals surface area contributed by atoms with Gasteiger partial charge in [0, 0.05) is 5.56 Å². The summed E-state index contributed by atoms with van der Waals surface area (Å²) in [4.78, 5) is 25.0. The van der Waals surface area contributed by atoms with Crippen molar-refractivity contribution < 1.29 is 14.7 Å². The molecule has 0 aromatic heterocycles. The van der Waals surface area contributed by atoms with E-state index in [4.69, 9.17) is 0 Å². The van der Waals surface area contributed by atoms with Crippen molar-refractivity contribution in [2.45, 2.75) is 38.6 Å². The van der Waals surface area contributed by atoms with Gasteiger partial charge in [0.05, 0.1) is 0 Å². The van der Waals surface area contributed by atoms with Gasteiger partial charge >= 0.3 is 24.8 Å². The number of carbonyl (C=O) groups excluding carboxylic acids is 1. The monoisotopic (exact) mass is 519 g/mol. The number of thioether (sulfide) groups is 1. The van der Waals surface area contributed by atoms with Crippen LogP contribution in [-0.2, 0) is 17.6 Å². The van der Waals surface area contributed by atoms with Crippen molar-refractivity contribution in [2.24, 2.45) is 0 Å². The first-order chi connectivity index (χ1) is 18.0. The van der Waals surface area contributed by atoms with Crippen LogP contribution in [0.3, 0.4) is 0 Å². The molecule has 1 atom stereocenters. The molecule has 0 bridgehead atoms. The zero-order valence-corrected chi connectivity index (χ0v) is 22.2. The van der Waals surface area contributed by atoms with Gasteiger partial charge in [-0.1, -0.05) is 78.9 Å². The van der Waals surface area contributed by atoms with E-state index in [2.05, 4.69) is 53.8 Å². The summed E-state index contributed by atoms with van der Waals surface area (Å²) in [6.45, 7) is 2.03. The number of carboxylic acids is 1. The van der Waals surface area contributed by atoms with Crippen molar-refractivity contribution in [1.29, 1.82) is 0 Å². The van der Waals surface area contributed by atoms with E-state index in [1.807, 2.05) is 49.6 Å². The third-order valence-corrected chi connectivity index (χ3v) is 7.37. The van der Waals surface area contributed by atoms with E-state index >= 15 is 0 Å². The Labute approximate surface area is 241 Å². The van der Waals surface area contributed by atoms with Crippen molar-refractivity contribution in [3.8, 4) is 11.1 Å². The second kappa shape index (κ2) is 14.3. The molecule has 192 valence electrons. The summed E-state index contributed by atoms with van der Waals surface area (Å²) in [5, 5.41) is 14.9. The average molecular weight is 520 g/mol. The predicted octanol–water partition coefficient (Wildman–Crippen LogP) is 6.28. The molecule has 0 saturated heterocycles. The molecule has 38 heavy (non-hydrogen) atoms. The summed E-state index contributed by atoms with van der Waals surface area (Å²) < 4.78 is 0. The van der Waals surface area contributed by atoms with Crippen LogP contribution in [-0.4, -0.2) is 53.9 Å². The molecule has 0 aliphatic heterocycles. The average Bonchev–Trinajstić information content (AvgIpc) is 2.91. The van der Waals surface area contributed by atoms with Crippen molar-refractivity contribution in [3.63, 3.8) is 0 Å². The SMILES string of the molecule is CSCC[C@H](NC(=O)c1ccc(CCCc2ccc3ccccc3c2)cc1-c1ccccc1C)C(=O)O.[LiH]. The standard InChI is InChI=1S/C32H33NO3S.Li.H/c1-22-8-3-6-13-27(22)29-21-24(10-7-9-23-14-16-25-11-4-5-12-26(25)20-23)15-17-28(29)31(34)33-30(32(35)36)18-19-37-2;;/h3-6,8,11-17,20-21,30H,7,9-10,18-19H2,1-2H3,(H,33,34)(H,35,36);;/t30-;;/m0../s1. The van der Waals surface area contributed by atoms with Gasteiger partial charge in [-0.05, 0) is 89.3 Å². The van der Waals surface area contributed by atoms with Gasteiger partial charge in [-0.2, -0.15) is 11.8 Å². The summed E-state index contributed by atoms with van der Waals surface area (Å²) in [7, 11) is 0. The number of hydrogen-bond acceptors (Lipinski definition) is 3. The van der Waals surface area contributed by atoms with E-state index in [-0.39, 0.29) is 24.8 Å². The number of aryl methyl sites for hydroxylation is 3. The molecular weight excluding hydrogens is 485 g/mol. The van der Waals surface area contributed by atoms with E-state index in [9.17, 15) is 14.7 Å². The number of fused-ring (bicyclic) bond motifs is 1. The molecule has 0 saturated carbocycles. The summed E-state index contributed by atoms with van der Waals surface area (Å²) in [5.74, 6) is -0.697. The molecule has 4 aromatic carbocycles. The van der Waals surface area contributed by atoms with Crippen molar-refractivity contribution >= 4 is 53.3 Å². The number of nitrogens with one attached hydrogen (secondary N) is 1. The van der Waals surface area contributed by atoms with Crippen LogP contribution in [0.4, 0.5) is 0 Å². The summed E-state index contributed by atoms with van der Waals surface area (Å²) in [6, 6.07) is 28.1. The first-order valence-electron chi connectivity index (χ1n) is 12.7. The summed E-state index contributed by atoms with van der Waals surface area (Å²) in [6.07, 6.45) is 5.17. The Hall–Kier alpha value is -2.97. The van der Waals surface area contributed by atoms with Crippen LogP contribution < -0.4 is 5.32 Å². The predicted molar refractivity (Wildman–Crippen MR) is 162 cm³/mol. The second-order valence-electron chi connectivity index (χ2n) is 9.38. The van der Waals surface area contributed by atoms with E-state index in [0.29, 0.717) is 17.7 Å². The fourth-order valence-electron chi connectivity index (χ4n) is 4.66. The first kappa shape index (κ1) is 29.6. The van der Waals surface area contributed by atoms with Gasteiger partial charge in [-0.25, -0.2) is 4.79 Å². The van der Waals surface area contributed by atoms with Crippen LogP contribution in [0.5, 0.6) is 0 Å². The van der Waals surface area contributed by atoms with Gasteiger partial charge in [0.1, 0.15) is 6.04 Å². The van der Waals surface area contributed by atoms with Crippen molar-refractivity contribution in [1.82, 2.24) is 5.32 Å². The van der Waals surface area contributed by atoms with E-state index in [0.717, 1.165) is 41.5 Å². The van der Waals surface area contributed by atoms with Gasteiger partial charge in [-0.15, -0.1) is 0 Å². The molecule has 2 N–H and O–H groups in total. The van der Waals surface area contributed by atoms with Gasteiger partial charge in [0.2, 0.25) is 0 Å². The van der Waals surface area contributed by atoms with Gasteiger partial charge in [0.25, 0.3) is 5.91 Å². The number of hydrogen-bond donors (Lipinski definition) is 2. The number of carbonyl (C=O) groups is 2. The maximum atomic E-state index is 13.3. The van der Waals surface area contributed by atoms with Crippen LogP contribution >= 0.6 is 11.8 Å². The van der Waals surface area contributed by atoms with Crippen LogP contribution in [0.25, 0.3) is 21.9 Å². The number of aliphatic carboxylic acids is 1. The normalized spacial score (nSPS) is 11.5. The summed E-state index contributed by atoms with van der Waals surface area (Å²) >= 11 is 1.57. The fraction of sp³-hybridized carbons (Fsp3) is 0.250. The molecule has 4 rings (SSSR count). The molecule has 4 aromatic rings. The topological polar surface area (TPSA) is 66.4 Å². The van der Waals surface area contributed by atoms with E-state index in [1.54, 1.807) is 11.8 Å². The minimum absolute atomic E-state index is 0. The van der Waals surface area contributed by atoms with Crippen LogP contribution in [0.1, 0.15) is 39.9 Å². The van der Waals surface area contributed by atoms with Gasteiger partial charge in [-0.3, -0.25) is 4.79 Å². The van der Waals surface area contributed by atoms with E-state index in [1.165, 1.54) is 16.3 Å². The third-order valence-electron chi connectivity index (χ3n) is 6.72. The quantitative estimate of drug-likeness (QED) is 0.229. The Morgan fingerprint density at radius 3 is 2.21 bits per heavy atom. The molecule has 1 amide bonds. The van der Waals surface area contributed by atoms with Crippen LogP contribution in [0, 0.1) is 6.92 Å². The van der Waals surface area contributed by atoms with E-state index < -0.39 is 12.0 Å². The second-order valence-corrected chi connectivity index (χ2v) is 10.4. The fourth-order valence-corrected chi connectivity index (χ4v) is 5.13. The number of carboxylic acid groups (broad SMARTS) is 1. The third kappa shape index (κ3) is 7.54. The molecule has 0 spiro atoms. The van der Waals surface area contributed by atoms with Crippen molar-refractivity contribution in [2.75, 3.05) is 12.0 Å². The zero-order valence-electron chi connectivity index (χ0n) is 21.4. The van der Waals surface area contributed by atoms with Gasteiger partial charge < -0.3 is 10.4 Å². The number of benzene rings is 4. The van der Waals surface area contributed by atoms with Gasteiger partial charge in [0.15, 0.2) is 0 Å². The van der Waals surface area contributed by atoms with Crippen LogP contribution in [0.2, 0.25) is 0 Å². The Balaban J connectivity index is 0.00000400. The Bertz CT molecular complexity index is 1400. The Morgan fingerprint density at radius 2 is 1.50 bits per heavy atom. The molecule has 0 heterocycles. The molecule has 4 nitrogen and oxygen atoms in total. The molecule has 6 heteroatoms. The molecule has 0 fully saturated rings. The Morgan fingerprint density at radius 1 is 0.842 bits per heavy atom. The molecular formula is C32H34LiNO3S. The zero-order chi connectivity index (χ0) is 26.2. The number of amides is 1. The maximum absolute atomic E-state index is 13.3. The molecule has 0 radical (unpaired) electrons. The molecule has 0 aliphatic rings. The molecule has 0 aliphatic carbocycles. The number of rotatable bonds is 11. The van der Waals surface area contributed by atoms with Crippen molar-refractivity contribution in [3.05, 3.63) is 107 Å². The minimum atomic E-state index is -1.01. The first-order valence-corrected chi connectivity index (χ1v) is 14.0. The Kier molecular flexibility index (Phi) is 11.1. The van der Waals surface area contributed by atoms with Crippen LogP contribution in [0.15, 0.2) is 84.9 Å². The molecule has 0 unspecified atom stereocenters. The summed E-state index contributed by atoms with van der Waals surface area (Å²) in [5.41, 5.74) is 5.88.